The Hall–Kier alpha value is -1.91. The number of nitrogens with one attached hydrogen (secondary N) is 1. The zero-order valence-corrected chi connectivity index (χ0v) is 9.74. The molecule has 5 nitrogen and oxygen atoms in total. The highest BCUT2D eigenvalue weighted by Crippen LogP contribution is 2.37. The van der Waals surface area contributed by atoms with E-state index >= 15 is 0 Å². The van der Waals surface area contributed by atoms with Crippen LogP contribution in [0, 0.1) is 11.8 Å². The smallest absolute Gasteiger partial charge is 0.247 e. The maximum Gasteiger partial charge on any atom is 0.247 e. The second kappa shape index (κ2) is 4.16. The second-order valence-corrected chi connectivity index (χ2v) is 4.60. The zero-order chi connectivity index (χ0) is 11.7. The molecule has 3 rings (SSSR count). The predicted octanol–water partition coefficient (Wildman–Crippen LogP) is 1.73. The van der Waals surface area contributed by atoms with E-state index in [1.54, 1.807) is 4.68 Å². The number of para-hydroxylation sites is 1. The zero-order valence-electron chi connectivity index (χ0n) is 9.74. The Labute approximate surface area is 99.8 Å². The third-order valence-corrected chi connectivity index (χ3v) is 3.27. The van der Waals surface area contributed by atoms with E-state index in [-0.39, 0.29) is 0 Å². The van der Waals surface area contributed by atoms with E-state index < -0.39 is 0 Å². The van der Waals surface area contributed by atoms with Gasteiger partial charge in [-0.05, 0) is 40.8 Å². The van der Waals surface area contributed by atoms with Gasteiger partial charge >= 0.3 is 0 Å². The van der Waals surface area contributed by atoms with Crippen LogP contribution in [0.5, 0.6) is 0 Å². The van der Waals surface area contributed by atoms with Gasteiger partial charge in [0.1, 0.15) is 0 Å². The summed E-state index contributed by atoms with van der Waals surface area (Å²) in [5.74, 6) is 2.33. The maximum atomic E-state index is 4.01. The minimum Gasteiger partial charge on any atom is -0.352 e. The number of nitrogens with zero attached hydrogens (tertiary/aromatic N) is 4. The first-order valence-electron chi connectivity index (χ1n) is 5.92. The number of tetrazole rings is 1. The van der Waals surface area contributed by atoms with Crippen molar-refractivity contribution >= 4 is 5.95 Å². The average Bonchev–Trinajstić information content (AvgIpc) is 2.90. The Kier molecular flexibility index (Phi) is 2.51. The third-order valence-electron chi connectivity index (χ3n) is 3.27. The molecule has 0 saturated heterocycles. The molecule has 0 bridgehead atoms. The standard InChI is InChI=1S/C12H15N5/c1-9-7-10(9)8-13-12-14-15-16-17(12)11-5-3-2-4-6-11/h2-6,9-10H,7-8H2,1H3,(H,13,14,16). The van der Waals surface area contributed by atoms with Gasteiger partial charge in [-0.2, -0.15) is 4.68 Å². The number of benzene rings is 1. The Morgan fingerprint density at radius 3 is 2.82 bits per heavy atom. The normalized spacial score (nSPS) is 22.4. The highest BCUT2D eigenvalue weighted by Gasteiger charge is 2.32. The number of rotatable bonds is 4. The third kappa shape index (κ3) is 2.13. The lowest BCUT2D eigenvalue weighted by Crippen LogP contribution is -2.10. The topological polar surface area (TPSA) is 55.6 Å². The van der Waals surface area contributed by atoms with Gasteiger partial charge in [0.05, 0.1) is 5.69 Å². The van der Waals surface area contributed by atoms with Crippen LogP contribution in [0.15, 0.2) is 30.3 Å². The van der Waals surface area contributed by atoms with Crippen molar-refractivity contribution in [3.8, 4) is 5.69 Å². The molecule has 1 heterocycles. The van der Waals surface area contributed by atoms with Crippen molar-refractivity contribution < 1.29 is 0 Å². The molecule has 2 aromatic rings. The Morgan fingerprint density at radius 1 is 1.35 bits per heavy atom. The minimum atomic E-state index is 0.718. The van der Waals surface area contributed by atoms with Crippen molar-refractivity contribution in [1.29, 1.82) is 0 Å². The molecule has 1 aliphatic carbocycles. The van der Waals surface area contributed by atoms with Crippen LogP contribution in [0.1, 0.15) is 13.3 Å². The van der Waals surface area contributed by atoms with Gasteiger partial charge in [0, 0.05) is 6.54 Å². The molecule has 1 aromatic heterocycles. The molecule has 1 aromatic carbocycles. The Bertz CT molecular complexity index is 493. The van der Waals surface area contributed by atoms with Crippen molar-refractivity contribution in [2.45, 2.75) is 13.3 Å². The van der Waals surface area contributed by atoms with Gasteiger partial charge < -0.3 is 5.32 Å². The minimum absolute atomic E-state index is 0.718. The number of hydrogen-bond donors (Lipinski definition) is 1. The first-order valence-corrected chi connectivity index (χ1v) is 5.92. The molecule has 1 saturated carbocycles. The van der Waals surface area contributed by atoms with Gasteiger partial charge in [-0.3, -0.25) is 0 Å². The largest absolute Gasteiger partial charge is 0.352 e. The van der Waals surface area contributed by atoms with Crippen LogP contribution in [-0.2, 0) is 0 Å². The summed E-state index contributed by atoms with van der Waals surface area (Å²) in [4.78, 5) is 0. The summed E-state index contributed by atoms with van der Waals surface area (Å²) in [5, 5.41) is 15.0. The van der Waals surface area contributed by atoms with Crippen molar-refractivity contribution in [3.05, 3.63) is 30.3 Å². The molecular formula is C12H15N5. The van der Waals surface area contributed by atoms with E-state index in [1.165, 1.54) is 6.42 Å². The monoisotopic (exact) mass is 229 g/mol. The van der Waals surface area contributed by atoms with E-state index in [2.05, 4.69) is 27.8 Å². The SMILES string of the molecule is CC1CC1CNc1nnnn1-c1ccccc1. The van der Waals surface area contributed by atoms with Crippen molar-refractivity contribution in [2.75, 3.05) is 11.9 Å². The van der Waals surface area contributed by atoms with Crippen LogP contribution in [0.2, 0.25) is 0 Å². The molecule has 17 heavy (non-hydrogen) atoms. The van der Waals surface area contributed by atoms with Crippen molar-refractivity contribution in [3.63, 3.8) is 0 Å². The number of aromatic nitrogens is 4. The summed E-state index contributed by atoms with van der Waals surface area (Å²) in [6.45, 7) is 3.22. The summed E-state index contributed by atoms with van der Waals surface area (Å²) in [6.07, 6.45) is 1.31. The molecule has 1 N–H and O–H groups in total. The van der Waals surface area contributed by atoms with E-state index in [1.807, 2.05) is 30.3 Å². The summed E-state index contributed by atoms with van der Waals surface area (Å²) >= 11 is 0. The van der Waals surface area contributed by atoms with Crippen molar-refractivity contribution in [2.24, 2.45) is 11.8 Å². The maximum absolute atomic E-state index is 4.01. The molecule has 0 amide bonds. The second-order valence-electron chi connectivity index (χ2n) is 4.60. The summed E-state index contributed by atoms with van der Waals surface area (Å²) in [6, 6.07) is 9.91. The summed E-state index contributed by atoms with van der Waals surface area (Å²) in [5.41, 5.74) is 0.976. The molecule has 2 unspecified atom stereocenters. The predicted molar refractivity (Wildman–Crippen MR) is 64.9 cm³/mol. The van der Waals surface area contributed by atoms with Crippen LogP contribution < -0.4 is 5.32 Å². The Morgan fingerprint density at radius 2 is 2.12 bits per heavy atom. The number of anilines is 1. The fourth-order valence-electron chi connectivity index (χ4n) is 1.95. The lowest BCUT2D eigenvalue weighted by molar-refractivity contribution is 0.765. The summed E-state index contributed by atoms with van der Waals surface area (Å²) in [7, 11) is 0. The fraction of sp³-hybridized carbons (Fsp3) is 0.417. The quantitative estimate of drug-likeness (QED) is 0.867. The van der Waals surface area contributed by atoms with E-state index in [0.29, 0.717) is 0 Å². The Balaban J connectivity index is 1.75. The number of hydrogen-bond acceptors (Lipinski definition) is 4. The van der Waals surface area contributed by atoms with E-state index in [9.17, 15) is 0 Å². The molecule has 0 radical (unpaired) electrons. The van der Waals surface area contributed by atoms with E-state index in [0.717, 1.165) is 30.0 Å². The van der Waals surface area contributed by atoms with Gasteiger partial charge in [-0.25, -0.2) is 0 Å². The van der Waals surface area contributed by atoms with Crippen LogP contribution in [0.3, 0.4) is 0 Å². The molecule has 88 valence electrons. The van der Waals surface area contributed by atoms with Crippen LogP contribution in [-0.4, -0.2) is 26.8 Å². The first kappa shape index (κ1) is 10.3. The molecule has 5 heteroatoms. The lowest BCUT2D eigenvalue weighted by Gasteiger charge is -2.05. The molecule has 1 fully saturated rings. The van der Waals surface area contributed by atoms with Crippen molar-refractivity contribution in [1.82, 2.24) is 20.2 Å². The molecule has 2 atom stereocenters. The van der Waals surface area contributed by atoms with Crippen LogP contribution in [0.25, 0.3) is 5.69 Å². The van der Waals surface area contributed by atoms with E-state index in [4.69, 9.17) is 0 Å². The molecule has 1 aliphatic rings. The molecule has 0 aliphatic heterocycles. The molecule has 0 spiro atoms. The lowest BCUT2D eigenvalue weighted by atomic mass is 10.3. The fourth-order valence-corrected chi connectivity index (χ4v) is 1.95. The highest BCUT2D eigenvalue weighted by molar-refractivity contribution is 5.38. The van der Waals surface area contributed by atoms with Gasteiger partial charge in [0.2, 0.25) is 5.95 Å². The van der Waals surface area contributed by atoms with Gasteiger partial charge in [0.25, 0.3) is 0 Å². The summed E-state index contributed by atoms with van der Waals surface area (Å²) < 4.78 is 1.73. The molecular weight excluding hydrogens is 214 g/mol. The van der Waals surface area contributed by atoms with Gasteiger partial charge in [-0.1, -0.05) is 30.2 Å². The van der Waals surface area contributed by atoms with Gasteiger partial charge in [-0.15, -0.1) is 0 Å². The first-order chi connectivity index (χ1) is 8.34. The van der Waals surface area contributed by atoms with Crippen LogP contribution in [0.4, 0.5) is 5.95 Å². The average molecular weight is 229 g/mol. The highest BCUT2D eigenvalue weighted by atomic mass is 15.6. The van der Waals surface area contributed by atoms with Crippen LogP contribution >= 0.6 is 0 Å². The van der Waals surface area contributed by atoms with Gasteiger partial charge in [0.15, 0.2) is 0 Å².